The zero-order valence-electron chi connectivity index (χ0n) is 11.4. The van der Waals surface area contributed by atoms with Crippen LogP contribution < -0.4 is 5.32 Å². The maximum atomic E-state index is 10.7. The van der Waals surface area contributed by atoms with Gasteiger partial charge in [-0.3, -0.25) is 5.10 Å². The zero-order valence-corrected chi connectivity index (χ0v) is 11.4. The first-order valence-electron chi connectivity index (χ1n) is 6.82. The lowest BCUT2D eigenvalue weighted by Gasteiger charge is -2.23. The van der Waals surface area contributed by atoms with Crippen LogP contribution in [0.5, 0.6) is 0 Å². The van der Waals surface area contributed by atoms with Crippen LogP contribution in [0.2, 0.25) is 0 Å². The van der Waals surface area contributed by atoms with Gasteiger partial charge in [-0.15, -0.1) is 0 Å². The molecule has 1 aliphatic heterocycles. The Morgan fingerprint density at radius 1 is 1.48 bits per heavy atom. The Morgan fingerprint density at radius 3 is 3.05 bits per heavy atom. The number of carbonyl (C=O) groups is 1. The summed E-state index contributed by atoms with van der Waals surface area (Å²) < 4.78 is 5.34. The van der Waals surface area contributed by atoms with Crippen molar-refractivity contribution in [2.24, 2.45) is 0 Å². The van der Waals surface area contributed by atoms with Gasteiger partial charge in [0.25, 0.3) is 0 Å². The van der Waals surface area contributed by atoms with E-state index in [1.807, 2.05) is 6.07 Å². The molecule has 1 aliphatic rings. The molecule has 7 heteroatoms. The van der Waals surface area contributed by atoms with E-state index in [0.717, 1.165) is 48.9 Å². The predicted molar refractivity (Wildman–Crippen MR) is 78.0 cm³/mol. The van der Waals surface area contributed by atoms with Crippen LogP contribution in [0.4, 0.5) is 5.82 Å². The summed E-state index contributed by atoms with van der Waals surface area (Å²) in [6.07, 6.45) is 6.10. The molecule has 7 nitrogen and oxygen atoms in total. The molecular weight excluding hydrogens is 272 g/mol. The van der Waals surface area contributed by atoms with Gasteiger partial charge in [0.15, 0.2) is 0 Å². The number of carboxylic acid groups (broad SMARTS) is 1. The SMILES string of the molecule is O=C(O)/C=C/c1n[nH]c2ccnc(NC3CCOCC3)c12. The first-order valence-corrected chi connectivity index (χ1v) is 6.82. The Morgan fingerprint density at radius 2 is 2.29 bits per heavy atom. The van der Waals surface area contributed by atoms with Crippen molar-refractivity contribution in [2.75, 3.05) is 18.5 Å². The number of pyridine rings is 1. The Balaban J connectivity index is 1.93. The van der Waals surface area contributed by atoms with Crippen LogP contribution in [0, 0.1) is 0 Å². The Hall–Kier alpha value is -2.41. The molecule has 3 heterocycles. The molecule has 0 bridgehead atoms. The predicted octanol–water partition coefficient (Wildman–Crippen LogP) is 1.65. The molecular formula is C14H16N4O3. The highest BCUT2D eigenvalue weighted by Gasteiger charge is 2.17. The molecule has 21 heavy (non-hydrogen) atoms. The fourth-order valence-electron chi connectivity index (χ4n) is 2.41. The normalized spacial score (nSPS) is 16.6. The molecule has 0 amide bonds. The Kier molecular flexibility index (Phi) is 3.83. The first-order chi connectivity index (χ1) is 10.2. The van der Waals surface area contributed by atoms with Gasteiger partial charge in [-0.25, -0.2) is 9.78 Å². The minimum atomic E-state index is -1.01. The van der Waals surface area contributed by atoms with Gasteiger partial charge < -0.3 is 15.2 Å². The quantitative estimate of drug-likeness (QED) is 0.740. The topological polar surface area (TPSA) is 100 Å². The van der Waals surface area contributed by atoms with Gasteiger partial charge in [0, 0.05) is 31.5 Å². The van der Waals surface area contributed by atoms with Crippen molar-refractivity contribution < 1.29 is 14.6 Å². The number of ether oxygens (including phenoxy) is 1. The van der Waals surface area contributed by atoms with E-state index in [-0.39, 0.29) is 0 Å². The smallest absolute Gasteiger partial charge is 0.328 e. The van der Waals surface area contributed by atoms with E-state index in [2.05, 4.69) is 20.5 Å². The van der Waals surface area contributed by atoms with E-state index in [1.165, 1.54) is 6.08 Å². The molecule has 2 aromatic heterocycles. The maximum absolute atomic E-state index is 10.7. The molecule has 0 aromatic carbocycles. The van der Waals surface area contributed by atoms with E-state index in [1.54, 1.807) is 6.20 Å². The number of aliphatic carboxylic acids is 1. The number of rotatable bonds is 4. The minimum absolute atomic E-state index is 0.308. The van der Waals surface area contributed by atoms with Gasteiger partial charge in [-0.1, -0.05) is 0 Å². The lowest BCUT2D eigenvalue weighted by molar-refractivity contribution is -0.131. The average molecular weight is 288 g/mol. The second-order valence-electron chi connectivity index (χ2n) is 4.89. The fourth-order valence-corrected chi connectivity index (χ4v) is 2.41. The van der Waals surface area contributed by atoms with Crippen molar-refractivity contribution in [3.8, 4) is 0 Å². The molecule has 2 aromatic rings. The van der Waals surface area contributed by atoms with Crippen LogP contribution in [-0.2, 0) is 9.53 Å². The number of nitrogens with one attached hydrogen (secondary N) is 2. The molecule has 0 aliphatic carbocycles. The minimum Gasteiger partial charge on any atom is -0.478 e. The van der Waals surface area contributed by atoms with Crippen LogP contribution >= 0.6 is 0 Å². The Bertz CT molecular complexity index is 674. The molecule has 0 spiro atoms. The van der Waals surface area contributed by atoms with Crippen molar-refractivity contribution in [1.82, 2.24) is 15.2 Å². The molecule has 110 valence electrons. The first kappa shape index (κ1) is 13.6. The lowest BCUT2D eigenvalue weighted by atomic mass is 10.1. The lowest BCUT2D eigenvalue weighted by Crippen LogP contribution is -2.28. The third-order valence-corrected chi connectivity index (χ3v) is 3.45. The van der Waals surface area contributed by atoms with Gasteiger partial charge in [-0.05, 0) is 25.0 Å². The summed E-state index contributed by atoms with van der Waals surface area (Å²) in [4.78, 5) is 15.0. The van der Waals surface area contributed by atoms with Gasteiger partial charge in [0.2, 0.25) is 0 Å². The summed E-state index contributed by atoms with van der Waals surface area (Å²) >= 11 is 0. The fraction of sp³-hybridized carbons (Fsp3) is 0.357. The molecule has 3 N–H and O–H groups in total. The van der Waals surface area contributed by atoms with Crippen molar-refractivity contribution in [3.05, 3.63) is 24.0 Å². The number of aromatic amines is 1. The molecule has 1 fully saturated rings. The molecule has 0 saturated carbocycles. The molecule has 0 unspecified atom stereocenters. The number of hydrogen-bond acceptors (Lipinski definition) is 5. The van der Waals surface area contributed by atoms with Crippen LogP contribution in [-0.4, -0.2) is 45.5 Å². The van der Waals surface area contributed by atoms with Crippen molar-refractivity contribution in [1.29, 1.82) is 0 Å². The van der Waals surface area contributed by atoms with E-state index in [0.29, 0.717) is 11.7 Å². The number of aromatic nitrogens is 3. The van der Waals surface area contributed by atoms with Crippen LogP contribution in [0.25, 0.3) is 17.0 Å². The monoisotopic (exact) mass is 288 g/mol. The molecule has 1 saturated heterocycles. The second kappa shape index (κ2) is 5.92. The van der Waals surface area contributed by atoms with Gasteiger partial charge in [0.1, 0.15) is 5.82 Å². The number of carboxylic acids is 1. The van der Waals surface area contributed by atoms with Gasteiger partial charge >= 0.3 is 5.97 Å². The maximum Gasteiger partial charge on any atom is 0.328 e. The van der Waals surface area contributed by atoms with Crippen LogP contribution in [0.1, 0.15) is 18.5 Å². The number of anilines is 1. The van der Waals surface area contributed by atoms with Crippen LogP contribution in [0.15, 0.2) is 18.3 Å². The van der Waals surface area contributed by atoms with Gasteiger partial charge in [0.05, 0.1) is 16.6 Å². The average Bonchev–Trinajstić information content (AvgIpc) is 2.90. The summed E-state index contributed by atoms with van der Waals surface area (Å²) in [5, 5.41) is 20.0. The van der Waals surface area contributed by atoms with Crippen molar-refractivity contribution >= 4 is 28.8 Å². The standard InChI is InChI=1S/C14H16N4O3/c19-12(20)2-1-10-13-11(18-17-10)3-6-15-14(13)16-9-4-7-21-8-5-9/h1-3,6,9H,4-5,7-8H2,(H,15,16)(H,17,18)(H,19,20)/b2-1+. The van der Waals surface area contributed by atoms with Crippen molar-refractivity contribution in [3.63, 3.8) is 0 Å². The third kappa shape index (κ3) is 3.03. The molecule has 0 atom stereocenters. The summed E-state index contributed by atoms with van der Waals surface area (Å²) in [5.74, 6) is -0.285. The highest BCUT2D eigenvalue weighted by Crippen LogP contribution is 2.25. The summed E-state index contributed by atoms with van der Waals surface area (Å²) in [7, 11) is 0. The van der Waals surface area contributed by atoms with E-state index < -0.39 is 5.97 Å². The number of fused-ring (bicyclic) bond motifs is 1. The van der Waals surface area contributed by atoms with Crippen molar-refractivity contribution in [2.45, 2.75) is 18.9 Å². The second-order valence-corrected chi connectivity index (χ2v) is 4.89. The molecule has 0 radical (unpaired) electrons. The number of hydrogen-bond donors (Lipinski definition) is 3. The highest BCUT2D eigenvalue weighted by molar-refractivity contribution is 5.97. The summed E-state index contributed by atoms with van der Waals surface area (Å²) in [6.45, 7) is 1.48. The third-order valence-electron chi connectivity index (χ3n) is 3.45. The summed E-state index contributed by atoms with van der Waals surface area (Å²) in [5.41, 5.74) is 1.39. The molecule has 3 rings (SSSR count). The van der Waals surface area contributed by atoms with Crippen LogP contribution in [0.3, 0.4) is 0 Å². The number of H-pyrrole nitrogens is 1. The highest BCUT2D eigenvalue weighted by atomic mass is 16.5. The largest absolute Gasteiger partial charge is 0.478 e. The van der Waals surface area contributed by atoms with Gasteiger partial charge in [-0.2, -0.15) is 5.10 Å². The zero-order chi connectivity index (χ0) is 14.7. The van der Waals surface area contributed by atoms with E-state index in [4.69, 9.17) is 9.84 Å². The summed E-state index contributed by atoms with van der Waals surface area (Å²) in [6, 6.07) is 2.12. The van der Waals surface area contributed by atoms with E-state index >= 15 is 0 Å². The number of nitrogens with zero attached hydrogens (tertiary/aromatic N) is 2. The van der Waals surface area contributed by atoms with E-state index in [9.17, 15) is 4.79 Å². The Labute approximate surface area is 121 Å².